The van der Waals surface area contributed by atoms with E-state index in [1.807, 2.05) is 0 Å². The first-order valence-corrected chi connectivity index (χ1v) is 6.94. The Kier molecular flexibility index (Phi) is 4.99. The molecule has 3 N–H and O–H groups in total. The Morgan fingerprint density at radius 3 is 2.42 bits per heavy atom. The Hall–Kier alpha value is -2.33. The van der Waals surface area contributed by atoms with Gasteiger partial charge in [0.2, 0.25) is 5.91 Å². The van der Waals surface area contributed by atoms with E-state index in [0.717, 1.165) is 0 Å². The number of halogens is 4. The number of nitrogens with zero attached hydrogens (tertiary/aromatic N) is 3. The van der Waals surface area contributed by atoms with Crippen molar-refractivity contribution in [3.63, 3.8) is 0 Å². The minimum atomic E-state index is -4.91. The van der Waals surface area contributed by atoms with E-state index in [0.29, 0.717) is 14.3 Å². The number of hydrogen-bond acceptors (Lipinski definition) is 4. The maximum atomic E-state index is 12.6. The molecule has 0 aliphatic rings. The van der Waals surface area contributed by atoms with Crippen molar-refractivity contribution in [1.82, 2.24) is 14.3 Å². The standard InChI is InChI=1S/C13H12ClF3N4O3/c14-8-3-1-7(2-4-8)11-19-21(6-10(18)23)12(24)20(11)5-9(22)13(15,16)17/h1-4,9,22H,5-6H2,(H2,18,23)/t9-/m0/s1. The lowest BCUT2D eigenvalue weighted by Crippen LogP contribution is -2.38. The first-order valence-electron chi connectivity index (χ1n) is 6.56. The molecule has 0 aliphatic heterocycles. The maximum absolute atomic E-state index is 12.6. The summed E-state index contributed by atoms with van der Waals surface area (Å²) in [4.78, 5) is 23.1. The van der Waals surface area contributed by atoms with Crippen LogP contribution in [0.25, 0.3) is 11.4 Å². The van der Waals surface area contributed by atoms with Crippen molar-refractivity contribution in [2.75, 3.05) is 0 Å². The second-order valence-electron chi connectivity index (χ2n) is 4.91. The van der Waals surface area contributed by atoms with Gasteiger partial charge in [-0.05, 0) is 24.3 Å². The summed E-state index contributed by atoms with van der Waals surface area (Å²) >= 11 is 5.74. The van der Waals surface area contributed by atoms with Gasteiger partial charge in [0, 0.05) is 10.6 Å². The average molecular weight is 365 g/mol. The summed E-state index contributed by atoms with van der Waals surface area (Å²) in [5.41, 5.74) is 4.28. The molecule has 1 heterocycles. The SMILES string of the molecule is NC(=O)Cn1nc(-c2ccc(Cl)cc2)n(C[C@H](O)C(F)(F)F)c1=O. The molecule has 0 saturated carbocycles. The van der Waals surface area contributed by atoms with Crippen LogP contribution in [0.1, 0.15) is 0 Å². The highest BCUT2D eigenvalue weighted by molar-refractivity contribution is 6.30. The number of hydrogen-bond donors (Lipinski definition) is 2. The Morgan fingerprint density at radius 2 is 1.92 bits per heavy atom. The fourth-order valence-electron chi connectivity index (χ4n) is 1.95. The predicted molar refractivity (Wildman–Crippen MR) is 78.2 cm³/mol. The highest BCUT2D eigenvalue weighted by Gasteiger charge is 2.39. The van der Waals surface area contributed by atoms with Gasteiger partial charge in [0.15, 0.2) is 11.9 Å². The highest BCUT2D eigenvalue weighted by Crippen LogP contribution is 2.23. The molecule has 0 fully saturated rings. The third-order valence-electron chi connectivity index (χ3n) is 3.06. The van der Waals surface area contributed by atoms with Crippen LogP contribution in [0.5, 0.6) is 0 Å². The number of rotatable bonds is 5. The van der Waals surface area contributed by atoms with Gasteiger partial charge in [-0.2, -0.15) is 13.2 Å². The highest BCUT2D eigenvalue weighted by atomic mass is 35.5. The van der Waals surface area contributed by atoms with Crippen molar-refractivity contribution >= 4 is 17.5 Å². The molecule has 1 amide bonds. The molecule has 2 aromatic rings. The molecule has 2 rings (SSSR count). The predicted octanol–water partition coefficient (Wildman–Crippen LogP) is 0.774. The summed E-state index contributed by atoms with van der Waals surface area (Å²) in [5.74, 6) is -1.04. The van der Waals surface area contributed by atoms with Gasteiger partial charge < -0.3 is 10.8 Å². The minimum absolute atomic E-state index is 0.152. The van der Waals surface area contributed by atoms with Crippen LogP contribution in [0, 0.1) is 0 Å². The van der Waals surface area contributed by atoms with E-state index in [4.69, 9.17) is 17.3 Å². The average Bonchev–Trinajstić information content (AvgIpc) is 2.76. The van der Waals surface area contributed by atoms with Gasteiger partial charge in [-0.1, -0.05) is 11.6 Å². The minimum Gasteiger partial charge on any atom is -0.382 e. The number of aliphatic hydroxyl groups is 1. The number of carbonyl (C=O) groups excluding carboxylic acids is 1. The number of aliphatic hydroxyl groups excluding tert-OH is 1. The Bertz CT molecular complexity index is 798. The van der Waals surface area contributed by atoms with Gasteiger partial charge in [-0.25, -0.2) is 9.48 Å². The number of carbonyl (C=O) groups is 1. The van der Waals surface area contributed by atoms with E-state index in [1.165, 1.54) is 24.3 Å². The van der Waals surface area contributed by atoms with Crippen molar-refractivity contribution in [3.05, 3.63) is 39.8 Å². The van der Waals surface area contributed by atoms with Crippen LogP contribution < -0.4 is 11.4 Å². The lowest BCUT2D eigenvalue weighted by Gasteiger charge is -2.15. The molecule has 1 aromatic carbocycles. The number of benzene rings is 1. The van der Waals surface area contributed by atoms with E-state index >= 15 is 0 Å². The molecule has 0 spiro atoms. The van der Waals surface area contributed by atoms with E-state index in [2.05, 4.69) is 5.10 Å². The molecule has 0 radical (unpaired) electrons. The van der Waals surface area contributed by atoms with Crippen LogP contribution in [0.15, 0.2) is 29.1 Å². The molecular formula is C13H12ClF3N4O3. The monoisotopic (exact) mass is 364 g/mol. The molecule has 1 aromatic heterocycles. The van der Waals surface area contributed by atoms with E-state index < -0.39 is 37.0 Å². The fourth-order valence-corrected chi connectivity index (χ4v) is 2.07. The number of amides is 1. The zero-order valence-corrected chi connectivity index (χ0v) is 12.8. The quantitative estimate of drug-likeness (QED) is 0.818. The largest absolute Gasteiger partial charge is 0.416 e. The topological polar surface area (TPSA) is 103 Å². The van der Waals surface area contributed by atoms with Crippen LogP contribution in [0.3, 0.4) is 0 Å². The normalized spacial score (nSPS) is 13.0. The van der Waals surface area contributed by atoms with Crippen molar-refractivity contribution < 1.29 is 23.1 Å². The van der Waals surface area contributed by atoms with E-state index in [-0.39, 0.29) is 11.4 Å². The second kappa shape index (κ2) is 6.65. The van der Waals surface area contributed by atoms with Gasteiger partial charge in [0.05, 0.1) is 6.54 Å². The number of alkyl halides is 3. The van der Waals surface area contributed by atoms with Gasteiger partial charge >= 0.3 is 11.9 Å². The van der Waals surface area contributed by atoms with Crippen molar-refractivity contribution in [2.45, 2.75) is 25.4 Å². The molecule has 0 aliphatic carbocycles. The summed E-state index contributed by atoms with van der Waals surface area (Å²) in [6.45, 7) is -1.67. The smallest absolute Gasteiger partial charge is 0.382 e. The van der Waals surface area contributed by atoms with Crippen molar-refractivity contribution in [1.29, 1.82) is 0 Å². The fraction of sp³-hybridized carbons (Fsp3) is 0.308. The second-order valence-corrected chi connectivity index (χ2v) is 5.34. The Balaban J connectivity index is 2.53. The summed E-state index contributed by atoms with van der Waals surface area (Å²) in [7, 11) is 0. The summed E-state index contributed by atoms with van der Waals surface area (Å²) in [6.07, 6.45) is -7.69. The first-order chi connectivity index (χ1) is 11.1. The molecule has 0 bridgehead atoms. The van der Waals surface area contributed by atoms with E-state index in [9.17, 15) is 27.9 Å². The zero-order chi connectivity index (χ0) is 18.1. The zero-order valence-electron chi connectivity index (χ0n) is 12.0. The lowest BCUT2D eigenvalue weighted by atomic mass is 10.2. The van der Waals surface area contributed by atoms with Gasteiger partial charge in [0.25, 0.3) is 0 Å². The van der Waals surface area contributed by atoms with Gasteiger partial charge in [-0.3, -0.25) is 9.36 Å². The molecule has 11 heteroatoms. The van der Waals surface area contributed by atoms with Gasteiger partial charge in [0.1, 0.15) is 6.54 Å². The van der Waals surface area contributed by atoms with Crippen LogP contribution in [0.2, 0.25) is 5.02 Å². The third kappa shape index (κ3) is 3.95. The van der Waals surface area contributed by atoms with E-state index in [1.54, 1.807) is 0 Å². The summed E-state index contributed by atoms with van der Waals surface area (Å²) in [5, 5.41) is 13.4. The summed E-state index contributed by atoms with van der Waals surface area (Å²) < 4.78 is 39.0. The molecule has 0 saturated heterocycles. The Labute approximate surface area is 138 Å². The van der Waals surface area contributed by atoms with Crippen molar-refractivity contribution in [3.8, 4) is 11.4 Å². The van der Waals surface area contributed by atoms with Crippen LogP contribution in [-0.4, -0.2) is 37.6 Å². The Morgan fingerprint density at radius 1 is 1.33 bits per heavy atom. The maximum Gasteiger partial charge on any atom is 0.416 e. The van der Waals surface area contributed by atoms with Crippen molar-refractivity contribution in [2.24, 2.45) is 5.73 Å². The molecule has 7 nitrogen and oxygen atoms in total. The van der Waals surface area contributed by atoms with Crippen LogP contribution >= 0.6 is 11.6 Å². The molecule has 24 heavy (non-hydrogen) atoms. The third-order valence-corrected chi connectivity index (χ3v) is 3.32. The number of primary amides is 1. The molecular weight excluding hydrogens is 353 g/mol. The molecule has 0 unspecified atom stereocenters. The molecule has 1 atom stereocenters. The number of aromatic nitrogens is 3. The van der Waals surface area contributed by atoms with Crippen LogP contribution in [0.4, 0.5) is 13.2 Å². The molecule has 130 valence electrons. The lowest BCUT2D eigenvalue weighted by molar-refractivity contribution is -0.207. The van der Waals surface area contributed by atoms with Crippen LogP contribution in [-0.2, 0) is 17.9 Å². The summed E-state index contributed by atoms with van der Waals surface area (Å²) in [6, 6.07) is 5.79. The van der Waals surface area contributed by atoms with Gasteiger partial charge in [-0.15, -0.1) is 5.10 Å². The first kappa shape index (κ1) is 18.0. The number of nitrogens with two attached hydrogens (primary N) is 1.